The Morgan fingerprint density at radius 1 is 1.00 bits per heavy atom. The maximum atomic E-state index is 2.18. The SMILES string of the molecule is c1cn2n1CC2. The van der Waals surface area contributed by atoms with Crippen molar-refractivity contribution in [2.75, 3.05) is 0 Å². The van der Waals surface area contributed by atoms with Gasteiger partial charge in [-0.3, -0.25) is 9.36 Å². The smallest absolute Gasteiger partial charge is 0.0585 e. The van der Waals surface area contributed by atoms with E-state index in [0.29, 0.717) is 0 Å². The van der Waals surface area contributed by atoms with Crippen LogP contribution < -0.4 is 0 Å². The molecule has 0 N–H and O–H groups in total. The Morgan fingerprint density at radius 2 is 1.50 bits per heavy atom. The molecule has 1 aromatic rings. The number of rotatable bonds is 0. The van der Waals surface area contributed by atoms with E-state index in [9.17, 15) is 0 Å². The van der Waals surface area contributed by atoms with Crippen molar-refractivity contribution in [2.24, 2.45) is 0 Å². The molecule has 0 aromatic carbocycles. The number of aryl methyl sites for hydroxylation is 2. The van der Waals surface area contributed by atoms with E-state index in [0.717, 1.165) is 0 Å². The molecule has 1 aliphatic rings. The fraction of sp³-hybridized carbons (Fsp3) is 0.500. The van der Waals surface area contributed by atoms with Gasteiger partial charge in [0.05, 0.1) is 13.1 Å². The molecule has 32 valence electrons. The largest absolute Gasteiger partial charge is 0.290 e. The lowest BCUT2D eigenvalue weighted by Gasteiger charge is -2.29. The highest BCUT2D eigenvalue weighted by Gasteiger charge is 2.07. The van der Waals surface area contributed by atoms with Crippen molar-refractivity contribution in [2.45, 2.75) is 13.1 Å². The van der Waals surface area contributed by atoms with E-state index in [1.807, 2.05) is 0 Å². The Balaban J connectivity index is 2.60. The summed E-state index contributed by atoms with van der Waals surface area (Å²) in [6.45, 7) is 2.47. The Bertz CT molecular complexity index is 132. The fourth-order valence-corrected chi connectivity index (χ4v) is 0.735. The molecule has 1 aromatic heterocycles. The van der Waals surface area contributed by atoms with Crippen LogP contribution in [0.3, 0.4) is 0 Å². The van der Waals surface area contributed by atoms with Gasteiger partial charge in [-0.2, -0.15) is 0 Å². The molecule has 0 radical (unpaired) electrons. The van der Waals surface area contributed by atoms with Crippen LogP contribution in [0.2, 0.25) is 0 Å². The maximum Gasteiger partial charge on any atom is 0.0585 e. The lowest BCUT2D eigenvalue weighted by atomic mass is 10.5. The minimum Gasteiger partial charge on any atom is -0.290 e. The third kappa shape index (κ3) is 0.103. The lowest BCUT2D eigenvalue weighted by molar-refractivity contribution is 0.271. The van der Waals surface area contributed by atoms with Crippen molar-refractivity contribution in [3.8, 4) is 0 Å². The minimum absolute atomic E-state index is 1.23. The zero-order chi connectivity index (χ0) is 3.98. The number of hydrogen-bond donors (Lipinski definition) is 0. The molecule has 0 unspecified atom stereocenters. The second-order valence-electron chi connectivity index (χ2n) is 1.62. The summed E-state index contributed by atoms with van der Waals surface area (Å²) in [5.74, 6) is 0. The van der Waals surface area contributed by atoms with Crippen LogP contribution in [0.25, 0.3) is 0 Å². The first-order valence-electron chi connectivity index (χ1n) is 2.18. The van der Waals surface area contributed by atoms with Crippen LogP contribution in [0.4, 0.5) is 0 Å². The second kappa shape index (κ2) is 0.555. The van der Waals surface area contributed by atoms with Crippen LogP contribution in [0.1, 0.15) is 0 Å². The summed E-state index contributed by atoms with van der Waals surface area (Å²) in [6, 6.07) is 0. The molecule has 0 fully saturated rings. The van der Waals surface area contributed by atoms with Crippen LogP contribution in [-0.4, -0.2) is 9.36 Å². The standard InChI is InChI=1S/C4H6N2/c1-2-6-4-3-5(1)6/h1-2H,3-4H2. The number of nitrogens with zero attached hydrogens (tertiary/aromatic N) is 2. The van der Waals surface area contributed by atoms with Gasteiger partial charge in [-0.15, -0.1) is 0 Å². The first-order valence-corrected chi connectivity index (χ1v) is 2.18. The topological polar surface area (TPSA) is 9.86 Å². The summed E-state index contributed by atoms with van der Waals surface area (Å²) >= 11 is 0. The van der Waals surface area contributed by atoms with Gasteiger partial charge in [-0.25, -0.2) is 0 Å². The van der Waals surface area contributed by atoms with E-state index in [2.05, 4.69) is 21.8 Å². The van der Waals surface area contributed by atoms with Gasteiger partial charge in [0, 0.05) is 12.4 Å². The molecule has 0 saturated heterocycles. The molecule has 1 aliphatic heterocycles. The zero-order valence-corrected chi connectivity index (χ0v) is 3.46. The van der Waals surface area contributed by atoms with Gasteiger partial charge < -0.3 is 0 Å². The monoisotopic (exact) mass is 82.1 g/mol. The second-order valence-corrected chi connectivity index (χ2v) is 1.62. The molecule has 0 aliphatic carbocycles. The van der Waals surface area contributed by atoms with Crippen molar-refractivity contribution in [1.29, 1.82) is 0 Å². The Hall–Kier alpha value is -0.660. The number of hydrogen-bond acceptors (Lipinski definition) is 0. The highest BCUT2D eigenvalue weighted by atomic mass is 15.5. The van der Waals surface area contributed by atoms with E-state index in [1.165, 1.54) is 13.1 Å². The molecule has 2 heterocycles. The highest BCUT2D eigenvalue weighted by molar-refractivity contribution is 4.81. The first kappa shape index (κ1) is 2.50. The molecule has 2 rings (SSSR count). The quantitative estimate of drug-likeness (QED) is 0.426. The van der Waals surface area contributed by atoms with Crippen LogP contribution in [0.5, 0.6) is 0 Å². The predicted octanol–water partition coefficient (Wildman–Crippen LogP) is 0.303. The van der Waals surface area contributed by atoms with Gasteiger partial charge in [0.2, 0.25) is 0 Å². The summed E-state index contributed by atoms with van der Waals surface area (Å²) in [6.07, 6.45) is 4.17. The van der Waals surface area contributed by atoms with Crippen molar-refractivity contribution in [3.63, 3.8) is 0 Å². The Morgan fingerprint density at radius 3 is 1.50 bits per heavy atom. The van der Waals surface area contributed by atoms with Crippen LogP contribution >= 0.6 is 0 Å². The van der Waals surface area contributed by atoms with Crippen molar-refractivity contribution >= 4 is 0 Å². The average Bonchev–Trinajstić information content (AvgIpc) is 1.54. The summed E-state index contributed by atoms with van der Waals surface area (Å²) in [5, 5.41) is 0. The predicted molar refractivity (Wildman–Crippen MR) is 22.4 cm³/mol. The summed E-state index contributed by atoms with van der Waals surface area (Å²) in [4.78, 5) is 0. The summed E-state index contributed by atoms with van der Waals surface area (Å²) < 4.78 is 4.36. The van der Waals surface area contributed by atoms with Gasteiger partial charge in [0.15, 0.2) is 0 Å². The van der Waals surface area contributed by atoms with E-state index in [4.69, 9.17) is 0 Å². The van der Waals surface area contributed by atoms with Gasteiger partial charge in [-0.05, 0) is 0 Å². The molecular weight excluding hydrogens is 76.1 g/mol. The lowest BCUT2D eigenvalue weighted by Crippen LogP contribution is -2.32. The van der Waals surface area contributed by atoms with E-state index >= 15 is 0 Å². The van der Waals surface area contributed by atoms with Gasteiger partial charge in [0.1, 0.15) is 0 Å². The van der Waals surface area contributed by atoms with E-state index in [-0.39, 0.29) is 0 Å². The van der Waals surface area contributed by atoms with E-state index < -0.39 is 0 Å². The van der Waals surface area contributed by atoms with Crippen LogP contribution in [0.15, 0.2) is 12.4 Å². The van der Waals surface area contributed by atoms with Crippen LogP contribution in [0, 0.1) is 0 Å². The van der Waals surface area contributed by atoms with Crippen LogP contribution in [-0.2, 0) is 13.1 Å². The molecule has 2 heteroatoms. The van der Waals surface area contributed by atoms with Gasteiger partial charge in [0.25, 0.3) is 0 Å². The van der Waals surface area contributed by atoms with Gasteiger partial charge >= 0.3 is 0 Å². The fourth-order valence-electron chi connectivity index (χ4n) is 0.735. The number of aromatic nitrogens is 2. The third-order valence-corrected chi connectivity index (χ3v) is 1.30. The number of fused-ring (bicyclic) bond motifs is 1. The van der Waals surface area contributed by atoms with Crippen molar-refractivity contribution in [1.82, 2.24) is 9.36 Å². The maximum absolute atomic E-state index is 2.18. The highest BCUT2D eigenvalue weighted by Crippen LogP contribution is 2.04. The summed E-state index contributed by atoms with van der Waals surface area (Å²) in [7, 11) is 0. The van der Waals surface area contributed by atoms with Crippen molar-refractivity contribution < 1.29 is 0 Å². The normalized spacial score (nSPS) is 16.7. The van der Waals surface area contributed by atoms with Gasteiger partial charge in [-0.1, -0.05) is 0 Å². The van der Waals surface area contributed by atoms with E-state index in [1.54, 1.807) is 0 Å². The van der Waals surface area contributed by atoms with Crippen molar-refractivity contribution in [3.05, 3.63) is 12.4 Å². The molecule has 6 heavy (non-hydrogen) atoms. The zero-order valence-electron chi connectivity index (χ0n) is 3.46. The third-order valence-electron chi connectivity index (χ3n) is 1.30. The summed E-state index contributed by atoms with van der Waals surface area (Å²) in [5.41, 5.74) is 0. The minimum atomic E-state index is 1.23. The molecule has 0 atom stereocenters. The molecule has 0 spiro atoms. The molecule has 2 nitrogen and oxygen atoms in total. The Kier molecular flexibility index (Phi) is 0.231. The average molecular weight is 82.1 g/mol. The molecular formula is C4H6N2. The Labute approximate surface area is 36.0 Å². The molecule has 0 saturated carbocycles. The molecule has 0 bridgehead atoms. The molecule has 0 amide bonds. The first-order chi connectivity index (χ1) is 2.97.